The molecule has 3 heterocycles. The summed E-state index contributed by atoms with van der Waals surface area (Å²) in [7, 11) is 0. The zero-order valence-corrected chi connectivity index (χ0v) is 16.7. The van der Waals surface area contributed by atoms with Crippen molar-refractivity contribution in [2.45, 2.75) is 44.9 Å². The maximum atomic E-state index is 13.1. The number of nitrogens with zero attached hydrogens (tertiary/aromatic N) is 3. The topological polar surface area (TPSA) is 75.0 Å². The highest BCUT2D eigenvalue weighted by molar-refractivity contribution is 5.92. The molecule has 1 aliphatic rings. The van der Waals surface area contributed by atoms with Crippen molar-refractivity contribution in [2.24, 2.45) is 0 Å². The van der Waals surface area contributed by atoms with Crippen molar-refractivity contribution in [3.8, 4) is 0 Å². The van der Waals surface area contributed by atoms with Crippen molar-refractivity contribution >= 4 is 5.91 Å². The molecule has 4 rings (SSSR count). The lowest BCUT2D eigenvalue weighted by atomic mass is 9.97. The van der Waals surface area contributed by atoms with Crippen LogP contribution in [0.1, 0.15) is 71.9 Å². The number of amides is 1. The Morgan fingerprint density at radius 1 is 1.34 bits per heavy atom. The number of nitrogens with one attached hydrogen (secondary N) is 1. The van der Waals surface area contributed by atoms with Gasteiger partial charge < -0.3 is 9.32 Å². The van der Waals surface area contributed by atoms with E-state index in [-0.39, 0.29) is 17.6 Å². The third-order valence-corrected chi connectivity index (χ3v) is 5.36. The largest absolute Gasteiger partial charge is 0.445 e. The van der Waals surface area contributed by atoms with Crippen LogP contribution < -0.4 is 0 Å². The molecule has 1 N–H and O–H groups in total. The summed E-state index contributed by atoms with van der Waals surface area (Å²) in [6.45, 7) is 5.40. The summed E-state index contributed by atoms with van der Waals surface area (Å²) in [5.41, 5.74) is 2.38. The fourth-order valence-electron chi connectivity index (χ4n) is 3.66. The van der Waals surface area contributed by atoms with Crippen LogP contribution in [0.3, 0.4) is 0 Å². The molecular formula is C22H25FN4O2. The van der Waals surface area contributed by atoms with Crippen LogP contribution in [0.15, 0.2) is 40.9 Å². The highest BCUT2D eigenvalue weighted by Crippen LogP contribution is 2.28. The molecule has 1 amide bonds. The van der Waals surface area contributed by atoms with E-state index in [1.54, 1.807) is 18.3 Å². The minimum atomic E-state index is -0.253. The van der Waals surface area contributed by atoms with E-state index < -0.39 is 0 Å². The summed E-state index contributed by atoms with van der Waals surface area (Å²) in [6, 6.07) is 8.21. The predicted octanol–water partition coefficient (Wildman–Crippen LogP) is 4.27. The maximum absolute atomic E-state index is 13.1. The Bertz CT molecular complexity index is 977. The second-order valence-electron chi connectivity index (χ2n) is 7.92. The highest BCUT2D eigenvalue weighted by Gasteiger charge is 2.29. The van der Waals surface area contributed by atoms with Crippen LogP contribution in [0.4, 0.5) is 4.39 Å². The third-order valence-electron chi connectivity index (χ3n) is 5.36. The number of aromatic amines is 1. The van der Waals surface area contributed by atoms with Gasteiger partial charge in [0.25, 0.3) is 5.91 Å². The van der Waals surface area contributed by atoms with Gasteiger partial charge in [-0.3, -0.25) is 9.89 Å². The number of carbonyl (C=O) groups excluding carboxylic acids is 1. The van der Waals surface area contributed by atoms with Gasteiger partial charge >= 0.3 is 0 Å². The van der Waals surface area contributed by atoms with Gasteiger partial charge in [-0.2, -0.15) is 5.10 Å². The zero-order chi connectivity index (χ0) is 20.4. The van der Waals surface area contributed by atoms with E-state index in [4.69, 9.17) is 4.42 Å². The summed E-state index contributed by atoms with van der Waals surface area (Å²) in [4.78, 5) is 19.1. The Morgan fingerprint density at radius 2 is 2.14 bits per heavy atom. The Morgan fingerprint density at radius 3 is 2.86 bits per heavy atom. The van der Waals surface area contributed by atoms with Crippen molar-refractivity contribution < 1.29 is 13.6 Å². The molecule has 0 spiro atoms. The fourth-order valence-corrected chi connectivity index (χ4v) is 3.66. The monoisotopic (exact) mass is 396 g/mol. The molecule has 2 aromatic heterocycles. The van der Waals surface area contributed by atoms with Crippen LogP contribution in [0.2, 0.25) is 0 Å². The Labute approximate surface area is 169 Å². The van der Waals surface area contributed by atoms with E-state index >= 15 is 0 Å². The molecule has 7 heteroatoms. The van der Waals surface area contributed by atoms with Gasteiger partial charge in [-0.25, -0.2) is 9.37 Å². The summed E-state index contributed by atoms with van der Waals surface area (Å²) in [5, 5.41) is 7.13. The van der Waals surface area contributed by atoms with Crippen LogP contribution >= 0.6 is 0 Å². The molecule has 1 aromatic carbocycles. The predicted molar refractivity (Wildman–Crippen MR) is 106 cm³/mol. The van der Waals surface area contributed by atoms with Gasteiger partial charge in [-0.05, 0) is 42.5 Å². The molecule has 1 aliphatic heterocycles. The summed E-state index contributed by atoms with van der Waals surface area (Å²) < 4.78 is 19.0. The molecule has 1 fully saturated rings. The number of H-pyrrole nitrogens is 1. The van der Waals surface area contributed by atoms with E-state index in [9.17, 15) is 9.18 Å². The molecule has 0 radical (unpaired) electrons. The first-order valence-electron chi connectivity index (χ1n) is 10.0. The normalized spacial score (nSPS) is 17.1. The first-order chi connectivity index (χ1) is 14.0. The van der Waals surface area contributed by atoms with Gasteiger partial charge in [0.05, 0.1) is 12.1 Å². The van der Waals surface area contributed by atoms with Crippen LogP contribution in [0.5, 0.6) is 0 Å². The van der Waals surface area contributed by atoms with Gasteiger partial charge in [0, 0.05) is 25.2 Å². The number of piperidine rings is 1. The fraction of sp³-hybridized carbons (Fsp3) is 0.409. The maximum Gasteiger partial charge on any atom is 0.274 e. The second kappa shape index (κ2) is 8.19. The first-order valence-corrected chi connectivity index (χ1v) is 10.0. The van der Waals surface area contributed by atoms with Crippen molar-refractivity contribution in [3.63, 3.8) is 0 Å². The van der Waals surface area contributed by atoms with Gasteiger partial charge in [0.2, 0.25) is 0 Å². The lowest BCUT2D eigenvalue weighted by Crippen LogP contribution is -2.39. The molecule has 0 saturated carbocycles. The zero-order valence-electron chi connectivity index (χ0n) is 16.7. The molecule has 0 aliphatic carbocycles. The van der Waals surface area contributed by atoms with Gasteiger partial charge in [0.15, 0.2) is 5.89 Å². The van der Waals surface area contributed by atoms with E-state index in [1.807, 2.05) is 11.0 Å². The lowest BCUT2D eigenvalue weighted by molar-refractivity contribution is 0.0692. The Hall–Kier alpha value is -2.96. The second-order valence-corrected chi connectivity index (χ2v) is 7.92. The minimum Gasteiger partial charge on any atom is -0.445 e. The average molecular weight is 396 g/mol. The number of hydrogen-bond donors (Lipinski definition) is 1. The third kappa shape index (κ3) is 4.39. The number of halogens is 1. The van der Waals surface area contributed by atoms with Gasteiger partial charge in [0.1, 0.15) is 17.3 Å². The van der Waals surface area contributed by atoms with Crippen LogP contribution in [0, 0.1) is 5.82 Å². The standard InChI is InChI=1S/C22H25FN4O2/c1-14(2)19-11-20(26-25-19)22(28)27-9-3-4-16(13-27)21-24-12-18(29-21)10-15-5-7-17(23)8-6-15/h5-8,11-12,14,16H,3-4,9-10,13H2,1-2H3,(H,25,26). The Kier molecular flexibility index (Phi) is 5.47. The summed E-state index contributed by atoms with van der Waals surface area (Å²) >= 11 is 0. The molecular weight excluding hydrogens is 371 g/mol. The van der Waals surface area contributed by atoms with Crippen molar-refractivity contribution in [1.82, 2.24) is 20.1 Å². The summed E-state index contributed by atoms with van der Waals surface area (Å²) in [5.74, 6) is 1.45. The summed E-state index contributed by atoms with van der Waals surface area (Å²) in [6.07, 6.45) is 4.11. The molecule has 29 heavy (non-hydrogen) atoms. The molecule has 1 atom stereocenters. The highest BCUT2D eigenvalue weighted by atomic mass is 19.1. The number of rotatable bonds is 5. The number of benzene rings is 1. The van der Waals surface area contributed by atoms with E-state index in [1.165, 1.54) is 12.1 Å². The first kappa shape index (κ1) is 19.4. The average Bonchev–Trinajstić information content (AvgIpc) is 3.39. The molecule has 1 saturated heterocycles. The SMILES string of the molecule is CC(C)c1cc(C(=O)N2CCCC(c3ncc(Cc4ccc(F)cc4)o3)C2)n[nH]1. The lowest BCUT2D eigenvalue weighted by Gasteiger charge is -2.30. The van der Waals surface area contributed by atoms with Crippen molar-refractivity contribution in [3.05, 3.63) is 70.9 Å². The number of hydrogen-bond acceptors (Lipinski definition) is 4. The van der Waals surface area contributed by atoms with E-state index in [0.717, 1.165) is 29.9 Å². The smallest absolute Gasteiger partial charge is 0.274 e. The molecule has 3 aromatic rings. The van der Waals surface area contributed by atoms with Crippen LogP contribution in [-0.4, -0.2) is 39.1 Å². The van der Waals surface area contributed by atoms with E-state index in [2.05, 4.69) is 29.0 Å². The molecule has 152 valence electrons. The molecule has 1 unspecified atom stereocenters. The minimum absolute atomic E-state index is 0.0593. The van der Waals surface area contributed by atoms with Crippen molar-refractivity contribution in [1.29, 1.82) is 0 Å². The quantitative estimate of drug-likeness (QED) is 0.699. The van der Waals surface area contributed by atoms with Crippen LogP contribution in [0.25, 0.3) is 0 Å². The Balaban J connectivity index is 1.42. The number of carbonyl (C=O) groups is 1. The molecule has 0 bridgehead atoms. The number of oxazole rings is 1. The number of aromatic nitrogens is 3. The molecule has 6 nitrogen and oxygen atoms in total. The van der Waals surface area contributed by atoms with Crippen LogP contribution in [-0.2, 0) is 6.42 Å². The number of likely N-dealkylation sites (tertiary alicyclic amines) is 1. The van der Waals surface area contributed by atoms with Crippen molar-refractivity contribution in [2.75, 3.05) is 13.1 Å². The van der Waals surface area contributed by atoms with Gasteiger partial charge in [-0.1, -0.05) is 26.0 Å². The van der Waals surface area contributed by atoms with E-state index in [0.29, 0.717) is 37.0 Å². The van der Waals surface area contributed by atoms with Gasteiger partial charge in [-0.15, -0.1) is 0 Å².